The largest absolute Gasteiger partial charge is 0.340 e. The van der Waals surface area contributed by atoms with Gasteiger partial charge in [-0.1, -0.05) is 6.07 Å². The molecule has 2 saturated heterocycles. The summed E-state index contributed by atoms with van der Waals surface area (Å²) in [7, 11) is 0. The van der Waals surface area contributed by atoms with Crippen LogP contribution in [0, 0.1) is 5.92 Å². The van der Waals surface area contributed by atoms with E-state index in [0.29, 0.717) is 44.1 Å². The molecule has 0 N–H and O–H groups in total. The van der Waals surface area contributed by atoms with Gasteiger partial charge in [0.2, 0.25) is 5.91 Å². The van der Waals surface area contributed by atoms with Gasteiger partial charge < -0.3 is 9.80 Å². The van der Waals surface area contributed by atoms with Crippen molar-refractivity contribution in [3.05, 3.63) is 22.4 Å². The Hall–Kier alpha value is -1.54. The van der Waals surface area contributed by atoms with E-state index in [1.165, 1.54) is 11.3 Å². The van der Waals surface area contributed by atoms with E-state index in [4.69, 9.17) is 0 Å². The van der Waals surface area contributed by atoms with Gasteiger partial charge in [0.05, 0.1) is 17.3 Å². The lowest BCUT2D eigenvalue weighted by atomic mass is 9.96. The van der Waals surface area contributed by atoms with Gasteiger partial charge in [0.15, 0.2) is 0 Å². The Morgan fingerprint density at radius 3 is 2.56 bits per heavy atom. The van der Waals surface area contributed by atoms with E-state index >= 15 is 0 Å². The summed E-state index contributed by atoms with van der Waals surface area (Å²) < 4.78 is 24.9. The molecule has 0 aromatic carbocycles. The molecule has 5 nitrogen and oxygen atoms in total. The lowest BCUT2D eigenvalue weighted by molar-refractivity contribution is -0.138. The standard InChI is InChI=1S/C17H23F2N3O2S/c18-15(19)12-20-6-8-21(9-7-20)16(23)13-3-1-5-22(11-13)17(24)14-4-2-10-25-14/h2,4,10,13,15H,1,3,5-9,11-12H2. The summed E-state index contributed by atoms with van der Waals surface area (Å²) in [6, 6.07) is 3.66. The van der Waals surface area contributed by atoms with E-state index in [-0.39, 0.29) is 24.3 Å². The number of hydrogen-bond acceptors (Lipinski definition) is 4. The van der Waals surface area contributed by atoms with Gasteiger partial charge in [-0.25, -0.2) is 8.78 Å². The first-order chi connectivity index (χ1) is 12.0. The number of amides is 2. The average molecular weight is 371 g/mol. The summed E-state index contributed by atoms with van der Waals surface area (Å²) in [5.41, 5.74) is 0. The van der Waals surface area contributed by atoms with Crippen molar-refractivity contribution in [2.45, 2.75) is 19.3 Å². The fourth-order valence-corrected chi connectivity index (χ4v) is 4.21. The summed E-state index contributed by atoms with van der Waals surface area (Å²) >= 11 is 1.41. The van der Waals surface area contributed by atoms with Crippen LogP contribution in [0.2, 0.25) is 0 Å². The number of carbonyl (C=O) groups excluding carboxylic acids is 2. The first kappa shape index (κ1) is 18.3. The van der Waals surface area contributed by atoms with E-state index < -0.39 is 6.43 Å². The highest BCUT2D eigenvalue weighted by molar-refractivity contribution is 7.12. The molecule has 1 aromatic heterocycles. The van der Waals surface area contributed by atoms with E-state index in [9.17, 15) is 18.4 Å². The van der Waals surface area contributed by atoms with Crippen molar-refractivity contribution in [3.8, 4) is 0 Å². The van der Waals surface area contributed by atoms with Gasteiger partial charge in [-0.3, -0.25) is 14.5 Å². The number of carbonyl (C=O) groups is 2. The molecule has 138 valence electrons. The highest BCUT2D eigenvalue weighted by Gasteiger charge is 2.33. The molecule has 1 unspecified atom stereocenters. The van der Waals surface area contributed by atoms with Gasteiger partial charge in [-0.05, 0) is 24.3 Å². The SMILES string of the molecule is O=C(c1cccs1)N1CCCC(C(=O)N2CCN(CC(F)F)CC2)C1. The molecule has 0 radical (unpaired) electrons. The molecule has 2 aliphatic rings. The molecule has 2 amide bonds. The quantitative estimate of drug-likeness (QED) is 0.813. The Labute approximate surface area is 150 Å². The molecule has 0 spiro atoms. The number of piperazine rings is 1. The molecule has 1 atom stereocenters. The fraction of sp³-hybridized carbons (Fsp3) is 0.647. The molecule has 0 bridgehead atoms. The zero-order chi connectivity index (χ0) is 17.8. The van der Waals surface area contributed by atoms with Crippen molar-refractivity contribution < 1.29 is 18.4 Å². The number of thiophene rings is 1. The second-order valence-electron chi connectivity index (χ2n) is 6.58. The van der Waals surface area contributed by atoms with Gasteiger partial charge in [0.1, 0.15) is 0 Å². The maximum Gasteiger partial charge on any atom is 0.263 e. The summed E-state index contributed by atoms with van der Waals surface area (Å²) in [5, 5.41) is 1.87. The zero-order valence-electron chi connectivity index (χ0n) is 14.1. The van der Waals surface area contributed by atoms with Crippen molar-refractivity contribution in [1.82, 2.24) is 14.7 Å². The molecule has 3 rings (SSSR count). The Morgan fingerprint density at radius 2 is 1.92 bits per heavy atom. The van der Waals surface area contributed by atoms with Crippen LogP contribution in [-0.2, 0) is 4.79 Å². The number of piperidine rings is 1. The normalized spacial score (nSPS) is 22.4. The van der Waals surface area contributed by atoms with Crippen molar-refractivity contribution in [2.75, 3.05) is 45.8 Å². The zero-order valence-corrected chi connectivity index (χ0v) is 14.9. The van der Waals surface area contributed by atoms with Crippen LogP contribution in [0.25, 0.3) is 0 Å². The predicted molar refractivity (Wildman–Crippen MR) is 92.0 cm³/mol. The minimum absolute atomic E-state index is 0.00532. The smallest absolute Gasteiger partial charge is 0.263 e. The van der Waals surface area contributed by atoms with Gasteiger partial charge in [-0.15, -0.1) is 11.3 Å². The van der Waals surface area contributed by atoms with Crippen LogP contribution >= 0.6 is 11.3 Å². The van der Waals surface area contributed by atoms with Gasteiger partial charge in [0, 0.05) is 39.3 Å². The van der Waals surface area contributed by atoms with Crippen molar-refractivity contribution in [1.29, 1.82) is 0 Å². The average Bonchev–Trinajstić information content (AvgIpc) is 3.15. The number of nitrogens with zero attached hydrogens (tertiary/aromatic N) is 3. The molecule has 0 saturated carbocycles. The summed E-state index contributed by atoms with van der Waals surface area (Å²) in [4.78, 5) is 31.2. The number of alkyl halides is 2. The van der Waals surface area contributed by atoms with Crippen LogP contribution in [0.3, 0.4) is 0 Å². The van der Waals surface area contributed by atoms with Gasteiger partial charge in [-0.2, -0.15) is 0 Å². The van der Waals surface area contributed by atoms with Crippen LogP contribution < -0.4 is 0 Å². The van der Waals surface area contributed by atoms with Crippen molar-refractivity contribution in [3.63, 3.8) is 0 Å². The Bertz CT molecular complexity index is 589. The van der Waals surface area contributed by atoms with Crippen LogP contribution in [-0.4, -0.2) is 78.8 Å². The Balaban J connectivity index is 1.53. The fourth-order valence-electron chi connectivity index (χ4n) is 3.52. The summed E-state index contributed by atoms with van der Waals surface area (Å²) in [6.07, 6.45) is -0.735. The first-order valence-electron chi connectivity index (χ1n) is 8.66. The van der Waals surface area contributed by atoms with Crippen LogP contribution in [0.1, 0.15) is 22.5 Å². The van der Waals surface area contributed by atoms with Gasteiger partial charge >= 0.3 is 0 Å². The lowest BCUT2D eigenvalue weighted by Crippen LogP contribution is -2.53. The molecule has 25 heavy (non-hydrogen) atoms. The molecule has 1 aromatic rings. The predicted octanol–water partition coefficient (Wildman–Crippen LogP) is 2.01. The summed E-state index contributed by atoms with van der Waals surface area (Å²) in [5.74, 6) is -0.131. The maximum atomic E-state index is 12.8. The molecule has 3 heterocycles. The van der Waals surface area contributed by atoms with E-state index in [2.05, 4.69) is 0 Å². The second kappa shape index (κ2) is 8.23. The second-order valence-corrected chi connectivity index (χ2v) is 7.53. The number of likely N-dealkylation sites (tertiary alicyclic amines) is 1. The van der Waals surface area contributed by atoms with Crippen LogP contribution in [0.4, 0.5) is 8.78 Å². The van der Waals surface area contributed by atoms with Crippen LogP contribution in [0.5, 0.6) is 0 Å². The topological polar surface area (TPSA) is 43.9 Å². The Kier molecular flexibility index (Phi) is 6.01. The molecular formula is C17H23F2N3O2S. The third kappa shape index (κ3) is 4.55. The van der Waals surface area contributed by atoms with E-state index in [1.807, 2.05) is 11.4 Å². The monoisotopic (exact) mass is 371 g/mol. The number of hydrogen-bond donors (Lipinski definition) is 0. The molecule has 2 fully saturated rings. The lowest BCUT2D eigenvalue weighted by Gasteiger charge is -2.38. The van der Waals surface area contributed by atoms with Gasteiger partial charge in [0.25, 0.3) is 12.3 Å². The minimum atomic E-state index is -2.34. The van der Waals surface area contributed by atoms with E-state index in [0.717, 1.165) is 12.8 Å². The van der Waals surface area contributed by atoms with E-state index in [1.54, 1.807) is 20.8 Å². The Morgan fingerprint density at radius 1 is 1.16 bits per heavy atom. The third-order valence-corrected chi connectivity index (χ3v) is 5.73. The van der Waals surface area contributed by atoms with Crippen molar-refractivity contribution in [2.24, 2.45) is 5.92 Å². The molecule has 0 aliphatic carbocycles. The number of halogens is 2. The number of rotatable bonds is 4. The maximum absolute atomic E-state index is 12.8. The van der Waals surface area contributed by atoms with Crippen LogP contribution in [0.15, 0.2) is 17.5 Å². The van der Waals surface area contributed by atoms with Crippen molar-refractivity contribution >= 4 is 23.2 Å². The molecule has 8 heteroatoms. The highest BCUT2D eigenvalue weighted by atomic mass is 32.1. The summed E-state index contributed by atoms with van der Waals surface area (Å²) in [6.45, 7) is 2.85. The highest BCUT2D eigenvalue weighted by Crippen LogP contribution is 2.22. The molecule has 2 aliphatic heterocycles. The third-order valence-electron chi connectivity index (χ3n) is 4.87. The minimum Gasteiger partial charge on any atom is -0.340 e. The molecular weight excluding hydrogens is 348 g/mol. The first-order valence-corrected chi connectivity index (χ1v) is 9.54.